The van der Waals surface area contributed by atoms with Crippen LogP contribution in [0.4, 0.5) is 0 Å². The molecule has 0 bridgehead atoms. The third kappa shape index (κ3) is 1.01. The lowest BCUT2D eigenvalue weighted by molar-refractivity contribution is -0.445. The van der Waals surface area contributed by atoms with Crippen molar-refractivity contribution in [3.63, 3.8) is 0 Å². The minimum absolute atomic E-state index is 0.116. The first kappa shape index (κ1) is 10.6. The van der Waals surface area contributed by atoms with Crippen molar-refractivity contribution >= 4 is 21.5 Å². The van der Waals surface area contributed by atoms with Crippen LogP contribution in [0.3, 0.4) is 0 Å². The van der Waals surface area contributed by atoms with Crippen LogP contribution in [0.1, 0.15) is 0 Å². The summed E-state index contributed by atoms with van der Waals surface area (Å²) in [5, 5.41) is 0.533. The van der Waals surface area contributed by atoms with Crippen molar-refractivity contribution in [1.82, 2.24) is 9.24 Å². The van der Waals surface area contributed by atoms with E-state index in [1.165, 1.54) is 19.2 Å². The van der Waals surface area contributed by atoms with E-state index in [0.717, 1.165) is 9.24 Å². The summed E-state index contributed by atoms with van der Waals surface area (Å²) in [4.78, 5) is 46.9. The van der Waals surface area contributed by atoms with Crippen LogP contribution >= 0.6 is 0 Å². The molecule has 3 rings (SSSR count). The molecular formula is C11H8N3O4+. The average Bonchev–Trinajstić information content (AvgIpc) is 2.71. The Morgan fingerprint density at radius 3 is 1.50 bits per heavy atom. The van der Waals surface area contributed by atoms with E-state index in [2.05, 4.69) is 5.84 Å². The highest BCUT2D eigenvalue weighted by molar-refractivity contribution is 5.97. The minimum Gasteiger partial charge on any atom is -0.277 e. The number of fused-ring (bicyclic) bond motifs is 2. The molecule has 0 unspecified atom stereocenters. The van der Waals surface area contributed by atoms with Gasteiger partial charge in [-0.3, -0.25) is 23.7 Å². The largest absolute Gasteiger partial charge is 0.307 e. The fourth-order valence-corrected chi connectivity index (χ4v) is 2.14. The number of hydrogen-bond donors (Lipinski definition) is 1. The quantitative estimate of drug-likeness (QED) is 0.471. The van der Waals surface area contributed by atoms with Gasteiger partial charge in [0.05, 0.1) is 21.5 Å². The third-order valence-corrected chi connectivity index (χ3v) is 3.18. The fourth-order valence-electron chi connectivity index (χ4n) is 2.14. The lowest BCUT2D eigenvalue weighted by atomic mass is 10.1. The molecule has 7 heteroatoms. The minimum atomic E-state index is -0.562. The zero-order valence-electron chi connectivity index (χ0n) is 9.39. The van der Waals surface area contributed by atoms with Crippen molar-refractivity contribution in [2.24, 2.45) is 7.05 Å². The van der Waals surface area contributed by atoms with Gasteiger partial charge in [0.15, 0.2) is 0 Å². The molecule has 0 fully saturated rings. The Labute approximate surface area is 98.0 Å². The molecule has 0 amide bonds. The van der Waals surface area contributed by atoms with Crippen LogP contribution in [0.5, 0.6) is 0 Å². The summed E-state index contributed by atoms with van der Waals surface area (Å²) >= 11 is 0. The maximum absolute atomic E-state index is 11.8. The zero-order valence-corrected chi connectivity index (χ0v) is 9.39. The molecule has 7 nitrogen and oxygen atoms in total. The molecule has 0 spiro atoms. The second kappa shape index (κ2) is 3.02. The second-order valence-electron chi connectivity index (χ2n) is 4.15. The van der Waals surface area contributed by atoms with E-state index in [1.54, 1.807) is 0 Å². The first-order valence-electron chi connectivity index (χ1n) is 5.13. The van der Waals surface area contributed by atoms with Gasteiger partial charge in [0, 0.05) is 7.05 Å². The normalized spacial score (nSPS) is 11.7. The average molecular weight is 246 g/mol. The summed E-state index contributed by atoms with van der Waals surface area (Å²) < 4.78 is 1.68. The van der Waals surface area contributed by atoms with Crippen molar-refractivity contribution in [2.45, 2.75) is 0 Å². The van der Waals surface area contributed by atoms with Gasteiger partial charge >= 0.3 is 11.1 Å². The number of nitrogens with zero attached hydrogens (tertiary/aromatic N) is 2. The fraction of sp³-hybridized carbons (Fsp3) is 0.0909. The Balaban J connectivity index is 2.78. The molecule has 3 aromatic rings. The summed E-state index contributed by atoms with van der Waals surface area (Å²) in [5.74, 6) is 3.32. The molecule has 0 radical (unpaired) electrons. The van der Waals surface area contributed by atoms with Crippen molar-refractivity contribution in [3.8, 4) is 0 Å². The highest BCUT2D eigenvalue weighted by atomic mass is 16.2. The zero-order chi connectivity index (χ0) is 13.2. The van der Waals surface area contributed by atoms with Crippen LogP contribution in [-0.4, -0.2) is 9.24 Å². The number of quaternary nitrogens is 1. The number of benzene rings is 1. The van der Waals surface area contributed by atoms with E-state index in [4.69, 9.17) is 0 Å². The van der Waals surface area contributed by atoms with E-state index < -0.39 is 22.2 Å². The van der Waals surface area contributed by atoms with E-state index in [-0.39, 0.29) is 21.5 Å². The van der Waals surface area contributed by atoms with Crippen LogP contribution < -0.4 is 28.1 Å². The van der Waals surface area contributed by atoms with E-state index in [1.807, 2.05) is 0 Å². The van der Waals surface area contributed by atoms with E-state index in [9.17, 15) is 19.2 Å². The predicted molar refractivity (Wildman–Crippen MR) is 64.2 cm³/mol. The Kier molecular flexibility index (Phi) is 1.78. The molecule has 2 aromatic heterocycles. The molecule has 3 N–H and O–H groups in total. The first-order chi connectivity index (χ1) is 8.43. The standard InChI is InChI=1S/C11H7N3O4/c1-13-8(15)4-2-6-7(3-5(4)9(13)16)11(18)14(12)10(6)17/h2-3H,12H2,1H3/p+1. The lowest BCUT2D eigenvalue weighted by Crippen LogP contribution is -2.65. The monoisotopic (exact) mass is 246 g/mol. The molecule has 0 saturated heterocycles. The lowest BCUT2D eigenvalue weighted by Gasteiger charge is -1.86. The van der Waals surface area contributed by atoms with E-state index in [0.29, 0.717) is 0 Å². The van der Waals surface area contributed by atoms with Gasteiger partial charge in [-0.05, 0) is 12.1 Å². The van der Waals surface area contributed by atoms with Gasteiger partial charge in [-0.2, -0.15) is 0 Å². The van der Waals surface area contributed by atoms with Gasteiger partial charge in [-0.25, -0.2) is 5.84 Å². The Hall–Kier alpha value is -2.54. The molecular weight excluding hydrogens is 238 g/mol. The smallest absolute Gasteiger partial charge is 0.277 e. The van der Waals surface area contributed by atoms with Gasteiger partial charge in [-0.1, -0.05) is 0 Å². The topological polar surface area (TPSA) is 106 Å². The summed E-state index contributed by atoms with van der Waals surface area (Å²) in [7, 11) is 1.35. The Morgan fingerprint density at radius 2 is 1.11 bits per heavy atom. The third-order valence-electron chi connectivity index (χ3n) is 3.18. The van der Waals surface area contributed by atoms with Gasteiger partial charge in [0.2, 0.25) is 0 Å². The molecule has 0 saturated carbocycles. The predicted octanol–water partition coefficient (Wildman–Crippen LogP) is -2.55. The SMILES string of the molecule is Cn1c(=O)c2cc3c(=O)n([NH3+])c(=O)c3cc2c1=O. The van der Waals surface area contributed by atoms with Crippen LogP contribution in [0.15, 0.2) is 31.3 Å². The summed E-state index contributed by atoms with van der Waals surface area (Å²) in [6, 6.07) is 2.58. The maximum Gasteiger partial charge on any atom is 0.307 e. The second-order valence-corrected chi connectivity index (χ2v) is 4.15. The molecule has 1 aromatic carbocycles. The molecule has 18 heavy (non-hydrogen) atoms. The maximum atomic E-state index is 11.8. The van der Waals surface area contributed by atoms with Crippen molar-refractivity contribution < 1.29 is 5.84 Å². The first-order valence-corrected chi connectivity index (χ1v) is 5.13. The summed E-state index contributed by atoms with van der Waals surface area (Å²) in [6.07, 6.45) is 0. The van der Waals surface area contributed by atoms with Crippen LogP contribution in [0.25, 0.3) is 21.5 Å². The van der Waals surface area contributed by atoms with Crippen molar-refractivity contribution in [3.05, 3.63) is 53.5 Å². The molecule has 2 heterocycles. The van der Waals surface area contributed by atoms with Crippen LogP contribution in [-0.2, 0) is 7.05 Å². The van der Waals surface area contributed by atoms with E-state index >= 15 is 0 Å². The highest BCUT2D eigenvalue weighted by Crippen LogP contribution is 2.13. The van der Waals surface area contributed by atoms with Crippen LogP contribution in [0, 0.1) is 0 Å². The van der Waals surface area contributed by atoms with Crippen LogP contribution in [0.2, 0.25) is 0 Å². The Bertz CT molecular complexity index is 857. The van der Waals surface area contributed by atoms with Gasteiger partial charge < -0.3 is 0 Å². The van der Waals surface area contributed by atoms with Gasteiger partial charge in [0.1, 0.15) is 0 Å². The van der Waals surface area contributed by atoms with Gasteiger partial charge in [0.25, 0.3) is 11.1 Å². The molecule has 0 aliphatic rings. The summed E-state index contributed by atoms with van der Waals surface area (Å²) in [5.41, 5.74) is -2.07. The Morgan fingerprint density at radius 1 is 0.778 bits per heavy atom. The molecule has 90 valence electrons. The molecule has 0 aliphatic carbocycles. The van der Waals surface area contributed by atoms with Crippen molar-refractivity contribution in [1.29, 1.82) is 0 Å². The molecule has 0 aliphatic heterocycles. The molecule has 0 atom stereocenters. The summed E-state index contributed by atoms with van der Waals surface area (Å²) in [6.45, 7) is 0. The highest BCUT2D eigenvalue weighted by Gasteiger charge is 2.18. The number of aromatic nitrogens is 2. The number of hydrogen-bond acceptors (Lipinski definition) is 4. The van der Waals surface area contributed by atoms with Crippen molar-refractivity contribution in [2.75, 3.05) is 0 Å². The number of rotatable bonds is 0. The van der Waals surface area contributed by atoms with Gasteiger partial charge in [-0.15, -0.1) is 4.68 Å².